The van der Waals surface area contributed by atoms with E-state index < -0.39 is 6.04 Å². The van der Waals surface area contributed by atoms with E-state index in [4.69, 9.17) is 4.42 Å². The van der Waals surface area contributed by atoms with E-state index in [-0.39, 0.29) is 23.3 Å². The van der Waals surface area contributed by atoms with Gasteiger partial charge < -0.3 is 24.2 Å². The van der Waals surface area contributed by atoms with Crippen molar-refractivity contribution in [2.75, 3.05) is 31.1 Å². The van der Waals surface area contributed by atoms with Crippen molar-refractivity contribution in [2.45, 2.75) is 19.0 Å². The van der Waals surface area contributed by atoms with Crippen LogP contribution in [0.4, 0.5) is 5.69 Å². The molecule has 1 atom stereocenters. The highest BCUT2D eigenvalue weighted by molar-refractivity contribution is 5.96. The van der Waals surface area contributed by atoms with Gasteiger partial charge in [0, 0.05) is 44.8 Å². The van der Waals surface area contributed by atoms with Gasteiger partial charge in [-0.3, -0.25) is 9.59 Å². The van der Waals surface area contributed by atoms with E-state index >= 15 is 0 Å². The molecular formula is C25H25N3O4. The summed E-state index contributed by atoms with van der Waals surface area (Å²) in [6.45, 7) is 2.96. The second-order valence-corrected chi connectivity index (χ2v) is 8.23. The second-order valence-electron chi connectivity index (χ2n) is 8.23. The molecule has 3 heterocycles. The Hall–Kier alpha value is -3.74. The molecule has 1 N–H and O–H groups in total. The van der Waals surface area contributed by atoms with Gasteiger partial charge in [-0.2, -0.15) is 0 Å². The second kappa shape index (κ2) is 8.42. The number of benzene rings is 2. The molecule has 0 spiro atoms. The van der Waals surface area contributed by atoms with Crippen LogP contribution in [-0.2, 0) is 17.8 Å². The summed E-state index contributed by atoms with van der Waals surface area (Å²) in [4.78, 5) is 32.5. The minimum atomic E-state index is -0.553. The van der Waals surface area contributed by atoms with Crippen molar-refractivity contribution in [1.82, 2.24) is 9.80 Å². The third-order valence-electron chi connectivity index (χ3n) is 6.33. The molecule has 2 amide bonds. The first kappa shape index (κ1) is 20.2. The van der Waals surface area contributed by atoms with Crippen LogP contribution in [0.15, 0.2) is 71.3 Å². The smallest absolute Gasteiger partial charge is 0.290 e. The van der Waals surface area contributed by atoms with E-state index in [0.29, 0.717) is 39.1 Å². The molecule has 2 aliphatic rings. The van der Waals surface area contributed by atoms with Crippen LogP contribution >= 0.6 is 0 Å². The average Bonchev–Trinajstić information content (AvgIpc) is 3.38. The maximum absolute atomic E-state index is 13.6. The summed E-state index contributed by atoms with van der Waals surface area (Å²) in [6.07, 6.45) is 1.98. The van der Waals surface area contributed by atoms with Gasteiger partial charge in [-0.15, -0.1) is 0 Å². The number of phenolic OH excluding ortho intramolecular Hbond substituents is 1. The van der Waals surface area contributed by atoms with E-state index in [1.54, 1.807) is 29.2 Å². The number of anilines is 1. The lowest BCUT2D eigenvalue weighted by molar-refractivity contribution is -0.137. The van der Waals surface area contributed by atoms with Gasteiger partial charge in [0.05, 0.1) is 6.26 Å². The molecule has 2 aromatic carbocycles. The first-order valence-electron chi connectivity index (χ1n) is 10.8. The fourth-order valence-electron chi connectivity index (χ4n) is 4.56. The number of rotatable bonds is 3. The fourth-order valence-corrected chi connectivity index (χ4v) is 4.56. The van der Waals surface area contributed by atoms with Gasteiger partial charge in [0.15, 0.2) is 5.76 Å². The Bertz CT molecular complexity index is 1100. The lowest BCUT2D eigenvalue weighted by atomic mass is 9.92. The number of amides is 2. The van der Waals surface area contributed by atoms with Crippen LogP contribution in [0, 0.1) is 0 Å². The van der Waals surface area contributed by atoms with E-state index in [9.17, 15) is 14.7 Å². The van der Waals surface area contributed by atoms with Crippen molar-refractivity contribution >= 4 is 17.5 Å². The van der Waals surface area contributed by atoms with Crippen LogP contribution in [0.2, 0.25) is 0 Å². The van der Waals surface area contributed by atoms with Gasteiger partial charge in [0.2, 0.25) is 5.91 Å². The average molecular weight is 431 g/mol. The lowest BCUT2D eigenvalue weighted by Crippen LogP contribution is -2.57. The molecule has 1 aromatic heterocycles. The van der Waals surface area contributed by atoms with Crippen LogP contribution in [0.3, 0.4) is 0 Å². The lowest BCUT2D eigenvalue weighted by Gasteiger charge is -2.41. The Morgan fingerprint density at radius 1 is 0.875 bits per heavy atom. The SMILES string of the molecule is O=C(C1Cc2ccccc2CN1C(=O)c1ccco1)N1CCN(c2ccc(O)cc2)CC1. The predicted molar refractivity (Wildman–Crippen MR) is 119 cm³/mol. The Kier molecular flexibility index (Phi) is 5.31. The first-order valence-corrected chi connectivity index (χ1v) is 10.8. The van der Waals surface area contributed by atoms with Gasteiger partial charge in [0.1, 0.15) is 11.8 Å². The van der Waals surface area contributed by atoms with Gasteiger partial charge in [-0.1, -0.05) is 24.3 Å². The predicted octanol–water partition coefficient (Wildman–Crippen LogP) is 2.90. The number of piperazine rings is 1. The van der Waals surface area contributed by atoms with Crippen molar-refractivity contribution in [1.29, 1.82) is 0 Å². The molecule has 0 saturated carbocycles. The van der Waals surface area contributed by atoms with E-state index in [0.717, 1.165) is 16.8 Å². The Morgan fingerprint density at radius 2 is 1.59 bits per heavy atom. The normalized spacial score (nSPS) is 18.4. The maximum atomic E-state index is 13.6. The largest absolute Gasteiger partial charge is 0.508 e. The Morgan fingerprint density at radius 3 is 2.28 bits per heavy atom. The summed E-state index contributed by atoms with van der Waals surface area (Å²) in [5.74, 6) is 0.205. The number of aromatic hydroxyl groups is 1. The molecule has 0 radical (unpaired) electrons. The van der Waals surface area contributed by atoms with E-state index in [1.807, 2.05) is 41.3 Å². The maximum Gasteiger partial charge on any atom is 0.290 e. The number of hydrogen-bond acceptors (Lipinski definition) is 5. The number of nitrogens with zero attached hydrogens (tertiary/aromatic N) is 3. The zero-order valence-corrected chi connectivity index (χ0v) is 17.7. The van der Waals surface area contributed by atoms with Crippen LogP contribution < -0.4 is 4.90 Å². The molecule has 0 aliphatic carbocycles. The summed E-state index contributed by atoms with van der Waals surface area (Å²) in [7, 11) is 0. The van der Waals surface area contributed by atoms with Gasteiger partial charge in [0.25, 0.3) is 5.91 Å². The monoisotopic (exact) mass is 431 g/mol. The Labute approximate surface area is 186 Å². The number of fused-ring (bicyclic) bond motifs is 1. The third kappa shape index (κ3) is 3.82. The highest BCUT2D eigenvalue weighted by Crippen LogP contribution is 2.27. The zero-order valence-electron chi connectivity index (χ0n) is 17.7. The van der Waals surface area contributed by atoms with Gasteiger partial charge >= 0.3 is 0 Å². The molecule has 1 fully saturated rings. The quantitative estimate of drug-likeness (QED) is 0.690. The van der Waals surface area contributed by atoms with Crippen LogP contribution in [0.1, 0.15) is 21.7 Å². The van der Waals surface area contributed by atoms with Crippen molar-refractivity contribution < 1.29 is 19.1 Å². The molecule has 3 aromatic rings. The summed E-state index contributed by atoms with van der Waals surface area (Å²) >= 11 is 0. The van der Waals surface area contributed by atoms with Crippen molar-refractivity contribution in [3.8, 4) is 5.75 Å². The molecule has 7 heteroatoms. The third-order valence-corrected chi connectivity index (χ3v) is 6.33. The topological polar surface area (TPSA) is 77.2 Å². The summed E-state index contributed by atoms with van der Waals surface area (Å²) in [6, 6.07) is 17.9. The number of hydrogen-bond donors (Lipinski definition) is 1. The van der Waals surface area contributed by atoms with Crippen molar-refractivity contribution in [2.24, 2.45) is 0 Å². The summed E-state index contributed by atoms with van der Waals surface area (Å²) < 4.78 is 5.34. The molecule has 0 bridgehead atoms. The van der Waals surface area contributed by atoms with E-state index in [1.165, 1.54) is 6.26 Å². The summed E-state index contributed by atoms with van der Waals surface area (Å²) in [5, 5.41) is 9.51. The van der Waals surface area contributed by atoms with Gasteiger partial charge in [-0.25, -0.2) is 0 Å². The fraction of sp³-hybridized carbons (Fsp3) is 0.280. The molecule has 32 heavy (non-hydrogen) atoms. The highest BCUT2D eigenvalue weighted by atomic mass is 16.3. The van der Waals surface area contributed by atoms with Gasteiger partial charge in [-0.05, 0) is 47.5 Å². The molecule has 1 saturated heterocycles. The first-order chi connectivity index (χ1) is 15.6. The minimum Gasteiger partial charge on any atom is -0.508 e. The van der Waals surface area contributed by atoms with Crippen LogP contribution in [-0.4, -0.2) is 58.9 Å². The number of phenols is 1. The van der Waals surface area contributed by atoms with Crippen molar-refractivity contribution in [3.05, 3.63) is 83.8 Å². The number of furan rings is 1. The van der Waals surface area contributed by atoms with Crippen LogP contribution in [0.25, 0.3) is 0 Å². The molecule has 164 valence electrons. The molecule has 1 unspecified atom stereocenters. The molecular weight excluding hydrogens is 406 g/mol. The van der Waals surface area contributed by atoms with Crippen molar-refractivity contribution in [3.63, 3.8) is 0 Å². The standard InChI is InChI=1S/C25H25N3O4/c29-21-9-7-20(8-10-21)26-11-13-27(14-12-26)24(30)22-16-18-4-1-2-5-19(18)17-28(22)25(31)23-6-3-15-32-23/h1-10,15,22,29H,11-14,16-17H2. The Balaban J connectivity index is 1.34. The summed E-state index contributed by atoms with van der Waals surface area (Å²) in [5.41, 5.74) is 3.20. The minimum absolute atomic E-state index is 0.0234. The highest BCUT2D eigenvalue weighted by Gasteiger charge is 2.38. The zero-order chi connectivity index (χ0) is 22.1. The molecule has 2 aliphatic heterocycles. The molecule has 7 nitrogen and oxygen atoms in total. The van der Waals surface area contributed by atoms with E-state index in [2.05, 4.69) is 4.90 Å². The van der Waals surface area contributed by atoms with Crippen LogP contribution in [0.5, 0.6) is 5.75 Å². The number of carbonyl (C=O) groups is 2. The molecule has 5 rings (SSSR count). The number of carbonyl (C=O) groups excluding carboxylic acids is 2.